The lowest BCUT2D eigenvalue weighted by Crippen LogP contribution is -2.15. The predicted octanol–water partition coefficient (Wildman–Crippen LogP) is 8.06. The monoisotopic (exact) mass is 607 g/mol. The summed E-state index contributed by atoms with van der Waals surface area (Å²) in [6.45, 7) is 9.62. The third-order valence-corrected chi connectivity index (χ3v) is 4.70. The number of methoxy groups -OCH3 is 1. The van der Waals surface area contributed by atoms with Crippen molar-refractivity contribution in [3.8, 4) is 0 Å². The molecule has 0 spiro atoms. The number of nitrogens with zero attached hydrogens (tertiary/aromatic N) is 1. The van der Waals surface area contributed by atoms with Crippen LogP contribution >= 0.6 is 38.5 Å². The van der Waals surface area contributed by atoms with Gasteiger partial charge in [-0.05, 0) is 35.6 Å². The molecule has 0 unspecified atom stereocenters. The fourth-order valence-electron chi connectivity index (χ4n) is 2.68. The Morgan fingerprint density at radius 1 is 1.09 bits per heavy atom. The molecular weight excluding hydrogens is 577 g/mol. The highest BCUT2D eigenvalue weighted by molar-refractivity contribution is 14.1. The Hall–Kier alpha value is -2.32. The summed E-state index contributed by atoms with van der Waals surface area (Å²) in [5, 5.41) is 17.4. The molecule has 0 aliphatic rings. The van der Waals surface area contributed by atoms with Gasteiger partial charge in [0.15, 0.2) is 0 Å². The van der Waals surface area contributed by atoms with Gasteiger partial charge in [-0.2, -0.15) is 0 Å². The van der Waals surface area contributed by atoms with Gasteiger partial charge in [0.05, 0.1) is 24.1 Å². The molecule has 1 aromatic carbocycles. The molecule has 1 heterocycles. The number of ether oxygens (including phenoxy) is 1. The van der Waals surface area contributed by atoms with E-state index in [1.165, 1.54) is 7.11 Å². The molecule has 0 saturated carbocycles. The SMILES string of the molecule is C=C\C=C/C(=C\C)C(/C(=N)c1ccccc1Br)=C(/C(=N)OC)c1ccccn1.CC.CI. The van der Waals surface area contributed by atoms with Gasteiger partial charge in [0.25, 0.3) is 0 Å². The van der Waals surface area contributed by atoms with E-state index in [0.717, 1.165) is 10.0 Å². The van der Waals surface area contributed by atoms with Crippen molar-refractivity contribution in [2.75, 3.05) is 12.0 Å². The summed E-state index contributed by atoms with van der Waals surface area (Å²) in [7, 11) is 1.44. The average molecular weight is 608 g/mol. The fraction of sp³-hybridized carbons (Fsp3) is 0.192. The molecule has 1 aromatic heterocycles. The van der Waals surface area contributed by atoms with Crippen molar-refractivity contribution >= 4 is 55.7 Å². The molecule has 0 fully saturated rings. The largest absolute Gasteiger partial charge is 0.481 e. The minimum Gasteiger partial charge on any atom is -0.481 e. The molecule has 2 rings (SSSR count). The maximum Gasteiger partial charge on any atom is 0.215 e. The van der Waals surface area contributed by atoms with Gasteiger partial charge in [0.1, 0.15) is 0 Å². The minimum atomic E-state index is -0.0585. The minimum absolute atomic E-state index is 0.0585. The first-order valence-electron chi connectivity index (χ1n) is 10.0. The number of allylic oxidation sites excluding steroid dienone is 6. The molecule has 0 aliphatic carbocycles. The molecule has 0 saturated heterocycles. The second-order valence-electron chi connectivity index (χ2n) is 5.69. The van der Waals surface area contributed by atoms with Crippen molar-refractivity contribution in [2.45, 2.75) is 20.8 Å². The number of hydrogen-bond donors (Lipinski definition) is 2. The van der Waals surface area contributed by atoms with Crippen LogP contribution in [0.1, 0.15) is 32.0 Å². The van der Waals surface area contributed by atoms with E-state index in [9.17, 15) is 0 Å². The van der Waals surface area contributed by atoms with E-state index in [-0.39, 0.29) is 11.6 Å². The molecule has 0 aliphatic heterocycles. The molecule has 0 bridgehead atoms. The van der Waals surface area contributed by atoms with Crippen LogP contribution in [0.15, 0.2) is 95.2 Å². The number of alkyl halides is 1. The van der Waals surface area contributed by atoms with Gasteiger partial charge in [-0.1, -0.05) is 108 Å². The molecule has 170 valence electrons. The van der Waals surface area contributed by atoms with Crippen LogP contribution in [0.25, 0.3) is 5.57 Å². The van der Waals surface area contributed by atoms with Crippen molar-refractivity contribution < 1.29 is 4.74 Å². The van der Waals surface area contributed by atoms with Crippen molar-refractivity contribution in [2.24, 2.45) is 0 Å². The summed E-state index contributed by atoms with van der Waals surface area (Å²) in [6.07, 6.45) is 8.89. The first-order valence-corrected chi connectivity index (χ1v) is 13.0. The summed E-state index contributed by atoms with van der Waals surface area (Å²) in [4.78, 5) is 6.38. The molecule has 0 atom stereocenters. The number of aromatic nitrogens is 1. The maximum atomic E-state index is 8.98. The maximum absolute atomic E-state index is 8.98. The molecule has 0 amide bonds. The van der Waals surface area contributed by atoms with E-state index in [0.29, 0.717) is 22.4 Å². The van der Waals surface area contributed by atoms with Crippen LogP contribution in [0.4, 0.5) is 0 Å². The van der Waals surface area contributed by atoms with E-state index in [1.807, 2.05) is 74.3 Å². The quantitative estimate of drug-likeness (QED) is 0.110. The summed E-state index contributed by atoms with van der Waals surface area (Å²) in [5.41, 5.74) is 3.30. The molecule has 2 aromatic rings. The van der Waals surface area contributed by atoms with Crippen LogP contribution in [0, 0.1) is 10.8 Å². The lowest BCUT2D eigenvalue weighted by molar-refractivity contribution is 0.405. The highest BCUT2D eigenvalue weighted by Gasteiger charge is 2.23. The molecule has 0 radical (unpaired) electrons. The van der Waals surface area contributed by atoms with E-state index in [1.54, 1.807) is 24.4 Å². The Labute approximate surface area is 214 Å². The molecular formula is C26H31BrIN3O. The molecule has 4 nitrogen and oxygen atoms in total. The summed E-state index contributed by atoms with van der Waals surface area (Å²) >= 11 is 5.68. The van der Waals surface area contributed by atoms with Gasteiger partial charge in [-0.25, -0.2) is 0 Å². The number of hydrogen-bond acceptors (Lipinski definition) is 4. The van der Waals surface area contributed by atoms with Crippen molar-refractivity contribution in [3.05, 3.63) is 106 Å². The Kier molecular flexibility index (Phi) is 16.0. The molecule has 32 heavy (non-hydrogen) atoms. The lowest BCUT2D eigenvalue weighted by Gasteiger charge is -2.18. The predicted molar refractivity (Wildman–Crippen MR) is 151 cm³/mol. The van der Waals surface area contributed by atoms with Crippen LogP contribution in [-0.4, -0.2) is 28.6 Å². The van der Waals surface area contributed by atoms with E-state index in [2.05, 4.69) is 50.1 Å². The highest BCUT2D eigenvalue weighted by Crippen LogP contribution is 2.30. The Balaban J connectivity index is 0.00000227. The number of halogens is 2. The smallest absolute Gasteiger partial charge is 0.215 e. The van der Waals surface area contributed by atoms with E-state index >= 15 is 0 Å². The number of nitrogens with one attached hydrogen (secondary N) is 2. The Morgan fingerprint density at radius 3 is 2.22 bits per heavy atom. The van der Waals surface area contributed by atoms with Gasteiger partial charge in [-0.3, -0.25) is 15.8 Å². The van der Waals surface area contributed by atoms with Crippen LogP contribution in [0.2, 0.25) is 0 Å². The van der Waals surface area contributed by atoms with Crippen molar-refractivity contribution in [3.63, 3.8) is 0 Å². The first-order chi connectivity index (χ1) is 15.5. The topological polar surface area (TPSA) is 69.8 Å². The van der Waals surface area contributed by atoms with E-state index < -0.39 is 0 Å². The second kappa shape index (κ2) is 17.3. The Morgan fingerprint density at radius 2 is 1.72 bits per heavy atom. The highest BCUT2D eigenvalue weighted by atomic mass is 127. The number of pyridine rings is 1. The molecule has 2 N–H and O–H groups in total. The average Bonchev–Trinajstić information content (AvgIpc) is 2.86. The lowest BCUT2D eigenvalue weighted by atomic mass is 9.89. The summed E-state index contributed by atoms with van der Waals surface area (Å²) in [6, 6.07) is 13.0. The first kappa shape index (κ1) is 29.7. The summed E-state index contributed by atoms with van der Waals surface area (Å²) in [5.74, 6) is -0.0585. The third-order valence-electron chi connectivity index (χ3n) is 4.01. The van der Waals surface area contributed by atoms with Crippen LogP contribution in [0.3, 0.4) is 0 Å². The second-order valence-corrected chi connectivity index (χ2v) is 6.55. The Bertz CT molecular complexity index is 980. The fourth-order valence-corrected chi connectivity index (χ4v) is 3.16. The standard InChI is InChI=1S/C23H22BrN3O.C2H6.CH3I/c1-4-6-11-16(5-2)20(22(25)17-12-7-8-13-18(17)24)21(23(26)28-3)19-14-9-10-15-27-19;2*1-2/h4-15,25-26H,1H2,2-3H3;1-2H3;1H3/b11-6-,16-5+,21-20-,25-22?,26-23?;;. The van der Waals surface area contributed by atoms with Gasteiger partial charge in [-0.15, -0.1) is 0 Å². The van der Waals surface area contributed by atoms with E-state index in [4.69, 9.17) is 15.6 Å². The number of benzene rings is 1. The summed E-state index contributed by atoms with van der Waals surface area (Å²) < 4.78 is 6.06. The number of rotatable bonds is 7. The van der Waals surface area contributed by atoms with Crippen LogP contribution < -0.4 is 0 Å². The molecule has 6 heteroatoms. The van der Waals surface area contributed by atoms with Crippen molar-refractivity contribution in [1.82, 2.24) is 4.98 Å². The van der Waals surface area contributed by atoms with Crippen LogP contribution in [0.5, 0.6) is 0 Å². The zero-order valence-electron chi connectivity index (χ0n) is 19.2. The zero-order chi connectivity index (χ0) is 24.5. The normalized spacial score (nSPS) is 11.3. The van der Waals surface area contributed by atoms with Gasteiger partial charge in [0.2, 0.25) is 5.90 Å². The van der Waals surface area contributed by atoms with Crippen LogP contribution in [-0.2, 0) is 4.74 Å². The van der Waals surface area contributed by atoms with Gasteiger partial charge in [0, 0.05) is 21.8 Å². The third kappa shape index (κ3) is 8.31. The van der Waals surface area contributed by atoms with Crippen molar-refractivity contribution in [1.29, 1.82) is 10.8 Å². The zero-order valence-corrected chi connectivity index (χ0v) is 23.0. The van der Waals surface area contributed by atoms with Gasteiger partial charge >= 0.3 is 0 Å². The van der Waals surface area contributed by atoms with Gasteiger partial charge < -0.3 is 4.74 Å².